The molecule has 3 heterocycles. The fraction of sp³-hybridized carbons (Fsp3) is 0.481. The molecule has 1 aliphatic heterocycles. The number of likely N-dealkylation sites (tertiary alicyclic amines) is 1. The van der Waals surface area contributed by atoms with Crippen LogP contribution in [0.4, 0.5) is 16.4 Å². The number of aromatic nitrogens is 4. The van der Waals surface area contributed by atoms with Crippen LogP contribution < -0.4 is 10.6 Å². The Balaban J connectivity index is 1.28. The molecule has 1 unspecified atom stereocenters. The largest absolute Gasteiger partial charge is 0.394 e. The summed E-state index contributed by atoms with van der Waals surface area (Å²) < 4.78 is 7.45. The van der Waals surface area contributed by atoms with Crippen LogP contribution in [0.25, 0.3) is 11.3 Å². The van der Waals surface area contributed by atoms with Crippen LogP contribution in [-0.4, -0.2) is 67.7 Å². The number of urea groups is 1. The van der Waals surface area contributed by atoms with Crippen LogP contribution in [0.3, 0.4) is 0 Å². The van der Waals surface area contributed by atoms with Crippen LogP contribution in [0.2, 0.25) is 0 Å². The summed E-state index contributed by atoms with van der Waals surface area (Å²) >= 11 is 0. The zero-order valence-corrected chi connectivity index (χ0v) is 21.4. The molecule has 2 aromatic heterocycles. The van der Waals surface area contributed by atoms with E-state index in [4.69, 9.17) is 14.8 Å². The molecule has 196 valence electrons. The van der Waals surface area contributed by atoms with Gasteiger partial charge in [-0.15, -0.1) is 0 Å². The van der Waals surface area contributed by atoms with E-state index >= 15 is 0 Å². The maximum atomic E-state index is 12.9. The molecule has 10 heteroatoms. The van der Waals surface area contributed by atoms with Crippen molar-refractivity contribution in [2.24, 2.45) is 0 Å². The number of aryl methyl sites for hydroxylation is 1. The van der Waals surface area contributed by atoms with Gasteiger partial charge in [0.15, 0.2) is 0 Å². The Labute approximate surface area is 217 Å². The molecule has 37 heavy (non-hydrogen) atoms. The van der Waals surface area contributed by atoms with Crippen LogP contribution in [0, 0.1) is 0 Å². The molecule has 2 amide bonds. The van der Waals surface area contributed by atoms with Gasteiger partial charge in [-0.3, -0.25) is 4.68 Å². The number of anilines is 2. The van der Waals surface area contributed by atoms with E-state index in [1.165, 1.54) is 11.1 Å². The maximum absolute atomic E-state index is 12.9. The Morgan fingerprint density at radius 3 is 2.92 bits per heavy atom. The van der Waals surface area contributed by atoms with Gasteiger partial charge in [-0.2, -0.15) is 5.10 Å². The van der Waals surface area contributed by atoms with Gasteiger partial charge in [-0.05, 0) is 56.4 Å². The molecular formula is C27H35N7O3. The number of benzene rings is 1. The van der Waals surface area contributed by atoms with Gasteiger partial charge in [0, 0.05) is 18.0 Å². The van der Waals surface area contributed by atoms with E-state index in [0.717, 1.165) is 42.6 Å². The molecule has 1 aromatic carbocycles. The van der Waals surface area contributed by atoms with Crippen molar-refractivity contribution in [2.45, 2.75) is 64.3 Å². The minimum atomic E-state index is -0.0145. The van der Waals surface area contributed by atoms with Gasteiger partial charge in [-0.25, -0.2) is 14.8 Å². The number of hydrogen-bond acceptors (Lipinski definition) is 7. The van der Waals surface area contributed by atoms with Crippen LogP contribution >= 0.6 is 0 Å². The van der Waals surface area contributed by atoms with Crippen molar-refractivity contribution in [2.75, 3.05) is 25.0 Å². The lowest BCUT2D eigenvalue weighted by Crippen LogP contribution is -2.58. The molecule has 0 radical (unpaired) electrons. The second-order valence-corrected chi connectivity index (χ2v) is 9.98. The molecule has 1 atom stereocenters. The van der Waals surface area contributed by atoms with E-state index in [1.54, 1.807) is 23.3 Å². The maximum Gasteiger partial charge on any atom is 0.318 e. The highest BCUT2D eigenvalue weighted by Crippen LogP contribution is 2.32. The molecule has 0 bridgehead atoms. The van der Waals surface area contributed by atoms with E-state index in [0.29, 0.717) is 25.6 Å². The predicted octanol–water partition coefficient (Wildman–Crippen LogP) is 3.66. The predicted molar refractivity (Wildman–Crippen MR) is 140 cm³/mol. The van der Waals surface area contributed by atoms with E-state index in [-0.39, 0.29) is 30.9 Å². The first-order valence-corrected chi connectivity index (χ1v) is 13.1. The molecule has 5 rings (SSSR count). The Morgan fingerprint density at radius 1 is 1.24 bits per heavy atom. The quantitative estimate of drug-likeness (QED) is 0.400. The topological polar surface area (TPSA) is 117 Å². The van der Waals surface area contributed by atoms with Crippen molar-refractivity contribution < 1.29 is 14.6 Å². The van der Waals surface area contributed by atoms with Crippen LogP contribution in [0.1, 0.15) is 50.3 Å². The molecule has 0 spiro atoms. The van der Waals surface area contributed by atoms with E-state index in [1.807, 2.05) is 24.8 Å². The molecule has 1 aliphatic carbocycles. The van der Waals surface area contributed by atoms with Crippen molar-refractivity contribution in [3.63, 3.8) is 0 Å². The Kier molecular flexibility index (Phi) is 7.66. The van der Waals surface area contributed by atoms with Crippen molar-refractivity contribution in [1.29, 1.82) is 0 Å². The van der Waals surface area contributed by atoms with Gasteiger partial charge in [0.2, 0.25) is 5.95 Å². The summed E-state index contributed by atoms with van der Waals surface area (Å²) in [5.74, 6) is 0.482. The number of fused-ring (bicyclic) bond motifs is 1. The molecule has 0 saturated carbocycles. The summed E-state index contributed by atoms with van der Waals surface area (Å²) in [5.41, 5.74) is 5.04. The summed E-state index contributed by atoms with van der Waals surface area (Å²) in [7, 11) is 0. The minimum Gasteiger partial charge on any atom is -0.394 e. The highest BCUT2D eigenvalue weighted by molar-refractivity contribution is 5.76. The smallest absolute Gasteiger partial charge is 0.318 e. The third kappa shape index (κ3) is 6.08. The number of carbonyl (C=O) groups is 1. The summed E-state index contributed by atoms with van der Waals surface area (Å²) in [5, 5.41) is 19.7. The van der Waals surface area contributed by atoms with E-state index in [2.05, 4.69) is 38.9 Å². The lowest BCUT2D eigenvalue weighted by atomic mass is 9.95. The molecule has 2 aliphatic rings. The molecule has 3 aromatic rings. The van der Waals surface area contributed by atoms with Crippen LogP contribution in [0.15, 0.2) is 42.9 Å². The second-order valence-electron chi connectivity index (χ2n) is 9.98. The average Bonchev–Trinajstić information content (AvgIpc) is 3.19. The summed E-state index contributed by atoms with van der Waals surface area (Å²) in [4.78, 5) is 23.8. The van der Waals surface area contributed by atoms with E-state index in [9.17, 15) is 4.79 Å². The molecule has 1 fully saturated rings. The third-order valence-corrected chi connectivity index (χ3v) is 6.77. The fourth-order valence-electron chi connectivity index (χ4n) is 4.97. The van der Waals surface area contributed by atoms with Crippen molar-refractivity contribution >= 4 is 17.7 Å². The molecular weight excluding hydrogens is 470 g/mol. The van der Waals surface area contributed by atoms with Gasteiger partial charge >= 0.3 is 6.03 Å². The summed E-state index contributed by atoms with van der Waals surface area (Å²) in [6, 6.07) is 8.29. The number of carbonyl (C=O) groups excluding carboxylic acids is 1. The van der Waals surface area contributed by atoms with Crippen LogP contribution in [-0.2, 0) is 17.7 Å². The number of aliphatic hydroxyl groups is 1. The first-order valence-electron chi connectivity index (χ1n) is 13.1. The lowest BCUT2D eigenvalue weighted by Gasteiger charge is -2.40. The second kappa shape index (κ2) is 11.3. The number of rotatable bonds is 8. The first-order chi connectivity index (χ1) is 18.0. The van der Waals surface area contributed by atoms with Crippen molar-refractivity contribution in [3.8, 4) is 11.3 Å². The molecule has 3 N–H and O–H groups in total. The minimum absolute atomic E-state index is 0.00204. The number of hydrogen-bond donors (Lipinski definition) is 3. The monoisotopic (exact) mass is 505 g/mol. The van der Waals surface area contributed by atoms with Gasteiger partial charge in [0.05, 0.1) is 62.1 Å². The number of amides is 2. The summed E-state index contributed by atoms with van der Waals surface area (Å²) in [6.07, 6.45) is 9.61. The normalized spacial score (nSPS) is 17.7. The Hall–Kier alpha value is -3.50. The number of nitrogens with zero attached hydrogens (tertiary/aromatic N) is 5. The SMILES string of the molecule is CC(C)OC1CN(C(=O)NC2CCCCc3cc(-c4ccnc(Nc5cnn(CCO)c5)n4)ccc32)C1. The van der Waals surface area contributed by atoms with Gasteiger partial charge < -0.3 is 25.4 Å². The standard InChI is InChI=1S/C27H35N7O3/c1-18(2)37-22-16-33(17-22)27(36)32-25-6-4-3-5-19-13-20(7-8-23(19)25)24-9-10-28-26(31-24)30-21-14-29-34(15-21)11-12-35/h7-10,13-15,18,22,25,35H,3-6,11-12,16-17H2,1-2H3,(H,32,36)(H,28,30,31). The van der Waals surface area contributed by atoms with Gasteiger partial charge in [0.1, 0.15) is 0 Å². The van der Waals surface area contributed by atoms with Crippen molar-refractivity contribution in [3.05, 3.63) is 54.0 Å². The highest BCUT2D eigenvalue weighted by Gasteiger charge is 2.33. The van der Waals surface area contributed by atoms with Gasteiger partial charge in [0.25, 0.3) is 0 Å². The van der Waals surface area contributed by atoms with E-state index < -0.39 is 0 Å². The van der Waals surface area contributed by atoms with Crippen molar-refractivity contribution in [1.82, 2.24) is 30.0 Å². The third-order valence-electron chi connectivity index (χ3n) is 6.77. The summed E-state index contributed by atoms with van der Waals surface area (Å²) in [6.45, 7) is 5.80. The average molecular weight is 506 g/mol. The Morgan fingerprint density at radius 2 is 2.11 bits per heavy atom. The van der Waals surface area contributed by atoms with Gasteiger partial charge in [-0.1, -0.05) is 18.6 Å². The lowest BCUT2D eigenvalue weighted by molar-refractivity contribution is -0.0644. The van der Waals surface area contributed by atoms with Crippen LogP contribution in [0.5, 0.6) is 0 Å². The molecule has 10 nitrogen and oxygen atoms in total. The first kappa shape index (κ1) is 25.2. The Bertz CT molecular complexity index is 1220. The molecule has 1 saturated heterocycles. The number of aliphatic hydroxyl groups excluding tert-OH is 1. The zero-order valence-electron chi connectivity index (χ0n) is 21.4. The zero-order chi connectivity index (χ0) is 25.8. The number of ether oxygens (including phenoxy) is 1. The number of nitrogens with one attached hydrogen (secondary N) is 2. The highest BCUT2D eigenvalue weighted by atomic mass is 16.5. The fourth-order valence-corrected chi connectivity index (χ4v) is 4.97.